The highest BCUT2D eigenvalue weighted by atomic mass is 32.2. The molecule has 2 aromatic carbocycles. The van der Waals surface area contributed by atoms with Crippen molar-refractivity contribution in [2.45, 2.75) is 31.3 Å². The van der Waals surface area contributed by atoms with Crippen molar-refractivity contribution in [2.75, 3.05) is 17.8 Å². The molecule has 3 aromatic rings. The summed E-state index contributed by atoms with van der Waals surface area (Å²) in [6, 6.07) is 16.3. The molecule has 0 saturated carbocycles. The molecule has 0 fully saturated rings. The maximum Gasteiger partial charge on any atom is 0.237 e. The Labute approximate surface area is 163 Å². The van der Waals surface area contributed by atoms with Gasteiger partial charge in [-0.1, -0.05) is 30.0 Å². The van der Waals surface area contributed by atoms with Gasteiger partial charge in [0.1, 0.15) is 10.8 Å². The van der Waals surface area contributed by atoms with E-state index >= 15 is 0 Å². The van der Waals surface area contributed by atoms with E-state index in [0.29, 0.717) is 5.75 Å². The average Bonchev–Trinajstić information content (AvgIpc) is 3.01. The van der Waals surface area contributed by atoms with Crippen molar-refractivity contribution < 1.29 is 9.53 Å². The number of hydrogen-bond acceptors (Lipinski definition) is 4. The van der Waals surface area contributed by atoms with Crippen molar-refractivity contribution >= 4 is 34.3 Å². The second-order valence-corrected chi connectivity index (χ2v) is 7.87. The maximum atomic E-state index is 12.9. The van der Waals surface area contributed by atoms with Crippen LogP contribution in [0.5, 0.6) is 5.75 Å². The first-order chi connectivity index (χ1) is 13.1. The smallest absolute Gasteiger partial charge is 0.237 e. The molecule has 1 aliphatic rings. The zero-order chi connectivity index (χ0) is 19.0. The van der Waals surface area contributed by atoms with E-state index in [0.717, 1.165) is 39.4 Å². The molecule has 5 heteroatoms. The predicted octanol–water partition coefficient (Wildman–Crippen LogP) is 4.62. The number of anilines is 1. The first-order valence-electron chi connectivity index (χ1n) is 9.05. The number of para-hydroxylation sites is 1. The fraction of sp³-hybridized carbons (Fsp3) is 0.273. The second kappa shape index (κ2) is 7.24. The molecule has 1 aliphatic heterocycles. The van der Waals surface area contributed by atoms with Crippen molar-refractivity contribution in [3.63, 3.8) is 0 Å². The Morgan fingerprint density at radius 1 is 1.26 bits per heavy atom. The molecule has 2 heterocycles. The third kappa shape index (κ3) is 3.39. The van der Waals surface area contributed by atoms with Gasteiger partial charge in [-0.25, -0.2) is 4.98 Å². The molecule has 0 N–H and O–H groups in total. The molecule has 0 saturated heterocycles. The van der Waals surface area contributed by atoms with Crippen LogP contribution in [0.1, 0.15) is 18.1 Å². The highest BCUT2D eigenvalue weighted by Gasteiger charge is 2.30. The van der Waals surface area contributed by atoms with Crippen LogP contribution in [-0.4, -0.2) is 29.8 Å². The molecule has 4 rings (SSSR count). The summed E-state index contributed by atoms with van der Waals surface area (Å²) >= 11 is 1.51. The fourth-order valence-corrected chi connectivity index (χ4v) is 4.51. The van der Waals surface area contributed by atoms with E-state index < -0.39 is 0 Å². The number of amides is 1. The second-order valence-electron chi connectivity index (χ2n) is 6.90. The van der Waals surface area contributed by atoms with Crippen molar-refractivity contribution in [3.8, 4) is 5.75 Å². The number of thioether (sulfide) groups is 1. The number of carbonyl (C=O) groups is 1. The van der Waals surface area contributed by atoms with E-state index in [1.54, 1.807) is 7.11 Å². The Morgan fingerprint density at radius 3 is 2.89 bits per heavy atom. The van der Waals surface area contributed by atoms with E-state index in [9.17, 15) is 4.79 Å². The van der Waals surface area contributed by atoms with Crippen molar-refractivity contribution in [2.24, 2.45) is 0 Å². The molecule has 0 spiro atoms. The first-order valence-corrected chi connectivity index (χ1v) is 10.0. The lowest BCUT2D eigenvalue weighted by Gasteiger charge is -2.22. The van der Waals surface area contributed by atoms with Gasteiger partial charge in [0, 0.05) is 17.1 Å². The summed E-state index contributed by atoms with van der Waals surface area (Å²) in [4.78, 5) is 19.6. The molecule has 1 amide bonds. The fourth-order valence-electron chi connectivity index (χ4n) is 3.66. The van der Waals surface area contributed by atoms with Gasteiger partial charge in [0.2, 0.25) is 5.91 Å². The van der Waals surface area contributed by atoms with Crippen molar-refractivity contribution in [1.29, 1.82) is 0 Å². The van der Waals surface area contributed by atoms with Crippen LogP contribution in [0.2, 0.25) is 0 Å². The number of benzene rings is 2. The van der Waals surface area contributed by atoms with Gasteiger partial charge in [-0.05, 0) is 61.7 Å². The minimum atomic E-state index is 0.133. The minimum Gasteiger partial charge on any atom is -0.497 e. The zero-order valence-electron chi connectivity index (χ0n) is 15.7. The Balaban J connectivity index is 1.53. The maximum absolute atomic E-state index is 12.9. The molecule has 0 aliphatic carbocycles. The number of carbonyl (C=O) groups excluding carboxylic acids is 1. The van der Waals surface area contributed by atoms with Gasteiger partial charge in [-0.15, -0.1) is 0 Å². The summed E-state index contributed by atoms with van der Waals surface area (Å²) in [5.41, 5.74) is 4.28. The molecule has 1 aromatic heterocycles. The number of aromatic nitrogens is 1. The highest BCUT2D eigenvalue weighted by molar-refractivity contribution is 8.00. The first kappa shape index (κ1) is 17.9. The molecule has 0 bridgehead atoms. The number of nitrogens with zero attached hydrogens (tertiary/aromatic N) is 2. The summed E-state index contributed by atoms with van der Waals surface area (Å²) in [5.74, 6) is 1.34. The number of methoxy groups -OCH3 is 1. The number of hydrogen-bond donors (Lipinski definition) is 0. The van der Waals surface area contributed by atoms with E-state index in [1.807, 2.05) is 48.2 Å². The summed E-state index contributed by atoms with van der Waals surface area (Å²) in [7, 11) is 1.66. The average molecular weight is 378 g/mol. The number of aryl methyl sites for hydroxylation is 1. The van der Waals surface area contributed by atoms with Gasteiger partial charge in [0.25, 0.3) is 0 Å². The van der Waals surface area contributed by atoms with Crippen molar-refractivity contribution in [1.82, 2.24) is 4.98 Å². The van der Waals surface area contributed by atoms with Crippen LogP contribution in [0.4, 0.5) is 5.69 Å². The van der Waals surface area contributed by atoms with E-state index in [-0.39, 0.29) is 11.9 Å². The Hall–Kier alpha value is -2.53. The quantitative estimate of drug-likeness (QED) is 0.621. The SMILES string of the molecule is COc1ccc2nc(SCC(=O)N3c4ccccc4C[C@H]3C)c(C)cc2c1. The normalized spacial score (nSPS) is 15.8. The van der Waals surface area contributed by atoms with E-state index in [2.05, 4.69) is 19.1 Å². The van der Waals surface area contributed by atoms with Gasteiger partial charge in [-0.3, -0.25) is 4.79 Å². The summed E-state index contributed by atoms with van der Waals surface area (Å²) in [6.07, 6.45) is 0.918. The summed E-state index contributed by atoms with van der Waals surface area (Å²) in [6.45, 7) is 4.14. The molecule has 1 atom stereocenters. The molecule has 4 nitrogen and oxygen atoms in total. The predicted molar refractivity (Wildman–Crippen MR) is 111 cm³/mol. The monoisotopic (exact) mass is 378 g/mol. The highest BCUT2D eigenvalue weighted by Crippen LogP contribution is 2.33. The van der Waals surface area contributed by atoms with Gasteiger partial charge in [0.05, 0.1) is 18.4 Å². The van der Waals surface area contributed by atoms with Gasteiger partial charge < -0.3 is 9.64 Å². The molecule has 0 radical (unpaired) electrons. The standard InChI is InChI=1S/C22H22N2O2S/c1-14-10-17-12-18(26-3)8-9-19(17)23-22(14)27-13-21(25)24-15(2)11-16-6-4-5-7-20(16)24/h4-10,12,15H,11,13H2,1-3H3/t15-/m1/s1. The molecular formula is C22H22N2O2S. The number of rotatable bonds is 4. The molecule has 0 unspecified atom stereocenters. The minimum absolute atomic E-state index is 0.133. The Morgan fingerprint density at radius 2 is 2.07 bits per heavy atom. The third-order valence-corrected chi connectivity index (χ3v) is 6.05. The van der Waals surface area contributed by atoms with Crippen LogP contribution in [0.3, 0.4) is 0 Å². The zero-order valence-corrected chi connectivity index (χ0v) is 16.5. The lowest BCUT2D eigenvalue weighted by Crippen LogP contribution is -2.37. The van der Waals surface area contributed by atoms with Gasteiger partial charge in [0.15, 0.2) is 0 Å². The van der Waals surface area contributed by atoms with E-state index in [1.165, 1.54) is 17.3 Å². The number of ether oxygens (including phenoxy) is 1. The van der Waals surface area contributed by atoms with Crippen LogP contribution in [0.25, 0.3) is 10.9 Å². The lowest BCUT2D eigenvalue weighted by molar-refractivity contribution is -0.116. The van der Waals surface area contributed by atoms with E-state index in [4.69, 9.17) is 9.72 Å². The van der Waals surface area contributed by atoms with Crippen LogP contribution >= 0.6 is 11.8 Å². The summed E-state index contributed by atoms with van der Waals surface area (Å²) in [5, 5.41) is 1.95. The summed E-state index contributed by atoms with van der Waals surface area (Å²) < 4.78 is 5.28. The van der Waals surface area contributed by atoms with Gasteiger partial charge >= 0.3 is 0 Å². The lowest BCUT2D eigenvalue weighted by atomic mass is 10.1. The van der Waals surface area contributed by atoms with Crippen LogP contribution in [0, 0.1) is 6.92 Å². The topological polar surface area (TPSA) is 42.4 Å². The Kier molecular flexibility index (Phi) is 4.79. The molecular weight excluding hydrogens is 356 g/mol. The molecule has 27 heavy (non-hydrogen) atoms. The molecule has 138 valence electrons. The third-order valence-electron chi connectivity index (χ3n) is 4.97. The van der Waals surface area contributed by atoms with Crippen LogP contribution in [0.15, 0.2) is 53.6 Å². The van der Waals surface area contributed by atoms with Gasteiger partial charge in [-0.2, -0.15) is 0 Å². The number of pyridine rings is 1. The Bertz CT molecular complexity index is 1020. The van der Waals surface area contributed by atoms with Crippen molar-refractivity contribution in [3.05, 3.63) is 59.7 Å². The number of fused-ring (bicyclic) bond motifs is 2. The largest absolute Gasteiger partial charge is 0.497 e. The van der Waals surface area contributed by atoms with Crippen LogP contribution in [-0.2, 0) is 11.2 Å². The van der Waals surface area contributed by atoms with Crippen LogP contribution < -0.4 is 9.64 Å².